The number of aromatic nitrogens is 6. The van der Waals surface area contributed by atoms with Gasteiger partial charge in [0.05, 0.1) is 47.2 Å². The highest BCUT2D eigenvalue weighted by atomic mass is 16.2. The van der Waals surface area contributed by atoms with Gasteiger partial charge in [0.15, 0.2) is 0 Å². The summed E-state index contributed by atoms with van der Waals surface area (Å²) in [6, 6.07) is 11.5. The number of pyridine rings is 4. The van der Waals surface area contributed by atoms with Crippen LogP contribution in [0.1, 0.15) is 56.3 Å². The number of nitrogens with zero attached hydrogens (tertiary/aromatic N) is 8. The summed E-state index contributed by atoms with van der Waals surface area (Å²) in [6.45, 7) is 7.62. The highest BCUT2D eigenvalue weighted by molar-refractivity contribution is 6.02. The number of nitrogens with two attached hydrogens (primary N) is 2. The van der Waals surface area contributed by atoms with E-state index in [0.29, 0.717) is 69.7 Å². The van der Waals surface area contributed by atoms with Crippen molar-refractivity contribution in [1.29, 1.82) is 10.5 Å². The SMILES string of the molecule is CNC(=O)c1c(C)c(-c2cc3cc(NC(=O)C4C[C@H]4C#N)ncc3c(N)n2)c(C)n1C.CNC(=O)c1c(C)c(-c2cc3cc(NC(=O)[C@H]4C[C@@H]4C#N)ncc3c(N)n2)c(C)n1C. The van der Waals surface area contributed by atoms with E-state index < -0.39 is 0 Å². The summed E-state index contributed by atoms with van der Waals surface area (Å²) in [7, 11) is 6.87. The molecule has 2 aliphatic rings. The van der Waals surface area contributed by atoms with Gasteiger partial charge in [0.25, 0.3) is 11.8 Å². The molecule has 6 aromatic rings. The number of nitrogen functional groups attached to an aromatic ring is 2. The van der Waals surface area contributed by atoms with E-state index in [4.69, 9.17) is 22.0 Å². The standard InChI is InChI=1S/2C22H23N7O2/c2*1-10-18(11(2)29(4)19(10)22(31)25-3)16-6-12-7-17(26-9-15(12)20(24)27-16)28-21(30)14-5-13(14)8-23/h2*6-7,9,13-14H,5H2,1-4H3,(H2,24,27)(H,25,31)(H,26,28,30)/t13-,14?;13-,14+/m01/s1. The number of nitrogens with one attached hydrogen (secondary N) is 4. The van der Waals surface area contributed by atoms with Crippen LogP contribution in [0.2, 0.25) is 0 Å². The van der Waals surface area contributed by atoms with Crippen molar-refractivity contribution in [2.75, 3.05) is 36.2 Å². The minimum Gasteiger partial charge on any atom is -0.383 e. The van der Waals surface area contributed by atoms with E-state index in [1.54, 1.807) is 38.6 Å². The van der Waals surface area contributed by atoms with Crippen LogP contribution in [0, 0.1) is 74.0 Å². The zero-order chi connectivity index (χ0) is 44.9. The second kappa shape index (κ2) is 16.3. The van der Waals surface area contributed by atoms with Crippen molar-refractivity contribution in [2.24, 2.45) is 37.8 Å². The number of nitriles is 2. The van der Waals surface area contributed by atoms with Crippen molar-refractivity contribution >= 4 is 68.4 Å². The maximum Gasteiger partial charge on any atom is 0.267 e. The predicted molar refractivity (Wildman–Crippen MR) is 234 cm³/mol. The van der Waals surface area contributed by atoms with Gasteiger partial charge in [0, 0.05) is 73.9 Å². The van der Waals surface area contributed by atoms with Gasteiger partial charge < -0.3 is 41.9 Å². The van der Waals surface area contributed by atoms with Crippen molar-refractivity contribution in [3.63, 3.8) is 0 Å². The van der Waals surface area contributed by atoms with E-state index in [1.807, 2.05) is 63.1 Å². The fourth-order valence-electron chi connectivity index (χ4n) is 8.02. The molecule has 2 fully saturated rings. The molecule has 0 bridgehead atoms. The molecule has 0 aromatic carbocycles. The zero-order valence-electron chi connectivity index (χ0n) is 35.6. The molecule has 6 heterocycles. The van der Waals surface area contributed by atoms with Crippen LogP contribution in [0.4, 0.5) is 23.3 Å². The van der Waals surface area contributed by atoms with E-state index in [2.05, 4.69) is 53.3 Å². The molecule has 6 aromatic heterocycles. The molecule has 18 nitrogen and oxygen atoms in total. The maximum absolute atomic E-state index is 12.3. The molecule has 18 heteroatoms. The Hall–Kier alpha value is -7.86. The van der Waals surface area contributed by atoms with Crippen LogP contribution in [0.25, 0.3) is 44.1 Å². The lowest BCUT2D eigenvalue weighted by molar-refractivity contribution is -0.118. The summed E-state index contributed by atoms with van der Waals surface area (Å²) in [5.74, 6) is -0.331. The number of carbonyl (C=O) groups excluding carboxylic acids is 4. The Labute approximate surface area is 356 Å². The smallest absolute Gasteiger partial charge is 0.267 e. The summed E-state index contributed by atoms with van der Waals surface area (Å²) in [4.78, 5) is 66.9. The van der Waals surface area contributed by atoms with Crippen molar-refractivity contribution in [3.05, 3.63) is 70.6 Å². The van der Waals surface area contributed by atoms with Gasteiger partial charge in [-0.2, -0.15) is 10.5 Å². The first-order valence-corrected chi connectivity index (χ1v) is 19.8. The Morgan fingerprint density at radius 2 is 1.03 bits per heavy atom. The zero-order valence-corrected chi connectivity index (χ0v) is 35.6. The molecule has 0 spiro atoms. The van der Waals surface area contributed by atoms with Crippen molar-refractivity contribution in [1.82, 2.24) is 39.7 Å². The van der Waals surface area contributed by atoms with E-state index >= 15 is 0 Å². The van der Waals surface area contributed by atoms with Crippen molar-refractivity contribution < 1.29 is 19.2 Å². The van der Waals surface area contributed by atoms with Crippen LogP contribution in [0.3, 0.4) is 0 Å². The molecular weight excluding hydrogens is 789 g/mol. The van der Waals surface area contributed by atoms with Gasteiger partial charge in [-0.05, 0) is 86.7 Å². The molecule has 4 amide bonds. The average Bonchev–Trinajstić information content (AvgIpc) is 4.17. The van der Waals surface area contributed by atoms with Gasteiger partial charge in [0.1, 0.15) is 34.7 Å². The van der Waals surface area contributed by atoms with Gasteiger partial charge in [-0.1, -0.05) is 0 Å². The molecule has 0 aliphatic heterocycles. The Bertz CT molecular complexity index is 2770. The molecule has 0 radical (unpaired) electrons. The first-order chi connectivity index (χ1) is 29.5. The third-order valence-electron chi connectivity index (χ3n) is 11.8. The Morgan fingerprint density at radius 3 is 1.35 bits per heavy atom. The number of fused-ring (bicyclic) bond motifs is 2. The lowest BCUT2D eigenvalue weighted by atomic mass is 10.0. The second-order valence-electron chi connectivity index (χ2n) is 15.6. The summed E-state index contributed by atoms with van der Waals surface area (Å²) < 4.78 is 3.68. The van der Waals surface area contributed by atoms with Gasteiger partial charge in [-0.15, -0.1) is 0 Å². The Morgan fingerprint density at radius 1 is 0.661 bits per heavy atom. The molecule has 1 unspecified atom stereocenters. The molecule has 4 atom stereocenters. The number of carbonyl (C=O) groups is 4. The quantitative estimate of drug-likeness (QED) is 0.123. The van der Waals surface area contributed by atoms with Crippen LogP contribution in [0.5, 0.6) is 0 Å². The van der Waals surface area contributed by atoms with Crippen LogP contribution in [-0.4, -0.2) is 66.8 Å². The lowest BCUT2D eigenvalue weighted by Gasteiger charge is -2.10. The highest BCUT2D eigenvalue weighted by Crippen LogP contribution is 2.40. The molecule has 0 saturated heterocycles. The maximum atomic E-state index is 12.3. The number of hydrogen-bond donors (Lipinski definition) is 6. The Kier molecular flexibility index (Phi) is 11.1. The van der Waals surface area contributed by atoms with Crippen LogP contribution >= 0.6 is 0 Å². The Balaban J connectivity index is 0.000000186. The molecule has 8 N–H and O–H groups in total. The molecule has 2 aliphatic carbocycles. The average molecular weight is 835 g/mol. The van der Waals surface area contributed by atoms with Crippen molar-refractivity contribution in [2.45, 2.75) is 40.5 Å². The van der Waals surface area contributed by atoms with E-state index in [0.717, 1.165) is 44.4 Å². The van der Waals surface area contributed by atoms with Crippen LogP contribution in [-0.2, 0) is 23.7 Å². The molecular formula is C44H46N14O4. The molecule has 316 valence electrons. The summed E-state index contributed by atoms with van der Waals surface area (Å²) in [5, 5.41) is 31.6. The number of anilines is 4. The van der Waals surface area contributed by atoms with E-state index in [-0.39, 0.29) is 47.3 Å². The fourth-order valence-corrected chi connectivity index (χ4v) is 8.02. The fraction of sp³-hybridized carbons (Fsp3) is 0.318. The third-order valence-corrected chi connectivity index (χ3v) is 11.8. The second-order valence-corrected chi connectivity index (χ2v) is 15.6. The van der Waals surface area contributed by atoms with Gasteiger partial charge in [0.2, 0.25) is 11.8 Å². The van der Waals surface area contributed by atoms with Gasteiger partial charge >= 0.3 is 0 Å². The monoisotopic (exact) mass is 834 g/mol. The first-order valence-electron chi connectivity index (χ1n) is 19.8. The van der Waals surface area contributed by atoms with Crippen LogP contribution < -0.4 is 32.7 Å². The van der Waals surface area contributed by atoms with Crippen LogP contribution in [0.15, 0.2) is 36.7 Å². The summed E-state index contributed by atoms with van der Waals surface area (Å²) in [5.41, 5.74) is 19.9. The number of amides is 4. The van der Waals surface area contributed by atoms with Crippen molar-refractivity contribution in [3.8, 4) is 34.7 Å². The molecule has 62 heavy (non-hydrogen) atoms. The summed E-state index contributed by atoms with van der Waals surface area (Å²) in [6.07, 6.45) is 4.31. The minimum atomic E-state index is -0.279. The largest absolute Gasteiger partial charge is 0.383 e. The normalized spacial score (nSPS) is 17.3. The predicted octanol–water partition coefficient (Wildman–Crippen LogP) is 4.58. The summed E-state index contributed by atoms with van der Waals surface area (Å²) >= 11 is 0. The van der Waals surface area contributed by atoms with Gasteiger partial charge in [-0.25, -0.2) is 19.9 Å². The number of hydrogen-bond acceptors (Lipinski definition) is 12. The van der Waals surface area contributed by atoms with Gasteiger partial charge in [-0.3, -0.25) is 19.2 Å². The molecule has 8 rings (SSSR count). The first kappa shape index (κ1) is 42.3. The lowest BCUT2D eigenvalue weighted by Crippen LogP contribution is -2.21. The molecule has 2 saturated carbocycles. The highest BCUT2D eigenvalue weighted by Gasteiger charge is 2.44. The van der Waals surface area contributed by atoms with E-state index in [9.17, 15) is 19.2 Å². The van der Waals surface area contributed by atoms with E-state index in [1.165, 1.54) is 0 Å². The minimum absolute atomic E-state index is 0.173. The third kappa shape index (κ3) is 7.58. The number of rotatable bonds is 8. The topological polar surface area (TPSA) is 277 Å².